The molecule has 2 heterocycles. The van der Waals surface area contributed by atoms with Crippen LogP contribution in [0.5, 0.6) is 0 Å². The number of aromatic nitrogens is 2. The molecule has 0 aliphatic heterocycles. The van der Waals surface area contributed by atoms with Crippen LogP contribution in [0.2, 0.25) is 0 Å². The van der Waals surface area contributed by atoms with Crippen molar-refractivity contribution >= 4 is 17.2 Å². The lowest BCUT2D eigenvalue weighted by molar-refractivity contribution is 0.0954. The van der Waals surface area contributed by atoms with E-state index in [-0.39, 0.29) is 12.5 Å². The van der Waals surface area contributed by atoms with Gasteiger partial charge in [-0.25, -0.2) is 0 Å². The zero-order valence-electron chi connectivity index (χ0n) is 10.7. The van der Waals surface area contributed by atoms with Crippen LogP contribution in [0.1, 0.15) is 26.7 Å². The number of aliphatic hydroxyl groups excluding tert-OH is 1. The molecule has 0 aliphatic carbocycles. The van der Waals surface area contributed by atoms with Crippen LogP contribution in [0.25, 0.3) is 0 Å². The van der Waals surface area contributed by atoms with Crippen LogP contribution in [0.4, 0.5) is 0 Å². The van der Waals surface area contributed by atoms with Gasteiger partial charge in [0.15, 0.2) is 0 Å². The van der Waals surface area contributed by atoms with E-state index < -0.39 is 0 Å². The summed E-state index contributed by atoms with van der Waals surface area (Å²) in [7, 11) is 0. The van der Waals surface area contributed by atoms with E-state index in [1.54, 1.807) is 30.5 Å². The molecule has 0 spiro atoms. The second kappa shape index (κ2) is 7.38. The van der Waals surface area contributed by atoms with Crippen LogP contribution in [0, 0.1) is 11.8 Å². The van der Waals surface area contributed by atoms with E-state index >= 15 is 0 Å². The predicted octanol–water partition coefficient (Wildman–Crippen LogP) is 1.20. The summed E-state index contributed by atoms with van der Waals surface area (Å²) in [6.45, 7) is 0.389. The molecule has 0 aromatic carbocycles. The highest BCUT2D eigenvalue weighted by Gasteiger charge is 2.08. The summed E-state index contributed by atoms with van der Waals surface area (Å²) in [5.41, 5.74) is 0.709. The quantitative estimate of drug-likeness (QED) is 0.829. The van der Waals surface area contributed by atoms with Crippen molar-refractivity contribution in [1.29, 1.82) is 0 Å². The summed E-state index contributed by atoms with van der Waals surface area (Å²) >= 11 is 1.32. The van der Waals surface area contributed by atoms with E-state index in [1.165, 1.54) is 11.3 Å². The number of carbonyl (C=O) groups is 1. The highest BCUT2D eigenvalue weighted by Crippen LogP contribution is 2.15. The number of amides is 1. The van der Waals surface area contributed by atoms with E-state index in [1.807, 2.05) is 0 Å². The second-order valence-electron chi connectivity index (χ2n) is 3.84. The number of nitrogens with one attached hydrogen (secondary N) is 1. The normalized spacial score (nSPS) is 9.65. The molecule has 0 fully saturated rings. The molecule has 5 nitrogen and oxygen atoms in total. The molecule has 102 valence electrons. The molecule has 0 saturated heterocycles. The molecule has 0 saturated carbocycles. The fourth-order valence-electron chi connectivity index (χ4n) is 1.42. The molecule has 0 unspecified atom stereocenters. The van der Waals surface area contributed by atoms with Crippen molar-refractivity contribution in [3.05, 3.63) is 45.9 Å². The first kappa shape index (κ1) is 14.2. The standard InChI is InChI=1S/C14H13N3O2S/c18-9-2-1-5-12-6-7-13(20-12)14(19)15-10-11-4-3-8-16-17-11/h3-4,6-8,18H,2,9-10H2,(H,15,19). The van der Waals surface area contributed by atoms with Gasteiger partial charge < -0.3 is 10.4 Å². The molecule has 0 radical (unpaired) electrons. The molecule has 2 aromatic rings. The van der Waals surface area contributed by atoms with Gasteiger partial charge >= 0.3 is 0 Å². The smallest absolute Gasteiger partial charge is 0.261 e. The summed E-state index contributed by atoms with van der Waals surface area (Å²) in [6.07, 6.45) is 2.02. The molecule has 0 atom stereocenters. The molecule has 6 heteroatoms. The minimum atomic E-state index is -0.157. The Morgan fingerprint density at radius 3 is 3.05 bits per heavy atom. The van der Waals surface area contributed by atoms with Gasteiger partial charge in [-0.05, 0) is 24.3 Å². The van der Waals surface area contributed by atoms with Gasteiger partial charge in [0.2, 0.25) is 0 Å². The Morgan fingerprint density at radius 2 is 2.30 bits per heavy atom. The van der Waals surface area contributed by atoms with Gasteiger partial charge in [0.1, 0.15) is 0 Å². The zero-order valence-corrected chi connectivity index (χ0v) is 11.5. The Morgan fingerprint density at radius 1 is 1.40 bits per heavy atom. The van der Waals surface area contributed by atoms with Gasteiger partial charge in [-0.2, -0.15) is 10.2 Å². The SMILES string of the molecule is O=C(NCc1cccnn1)c1ccc(C#CCCO)s1. The van der Waals surface area contributed by atoms with Gasteiger partial charge in [0.05, 0.1) is 28.6 Å². The molecule has 1 amide bonds. The molecule has 0 bridgehead atoms. The van der Waals surface area contributed by atoms with E-state index in [4.69, 9.17) is 5.11 Å². The predicted molar refractivity (Wildman–Crippen MR) is 76.1 cm³/mol. The van der Waals surface area contributed by atoms with Crippen LogP contribution in [-0.4, -0.2) is 27.8 Å². The molecule has 20 heavy (non-hydrogen) atoms. The molecule has 0 aliphatic rings. The van der Waals surface area contributed by atoms with Crippen molar-refractivity contribution in [2.24, 2.45) is 0 Å². The number of hydrogen-bond donors (Lipinski definition) is 2. The average molecular weight is 287 g/mol. The Kier molecular flexibility index (Phi) is 5.24. The lowest BCUT2D eigenvalue weighted by Crippen LogP contribution is -2.22. The first-order chi connectivity index (χ1) is 9.79. The minimum absolute atomic E-state index is 0.0455. The number of nitrogens with zero attached hydrogens (tertiary/aromatic N) is 2. The fourth-order valence-corrected chi connectivity index (χ4v) is 2.22. The summed E-state index contributed by atoms with van der Waals surface area (Å²) in [6, 6.07) is 7.11. The van der Waals surface area contributed by atoms with Crippen molar-refractivity contribution in [2.75, 3.05) is 6.61 Å². The molecular weight excluding hydrogens is 274 g/mol. The average Bonchev–Trinajstić information content (AvgIpc) is 2.95. The lowest BCUT2D eigenvalue weighted by Gasteiger charge is -2.01. The Hall–Kier alpha value is -2.23. The molecule has 2 aromatic heterocycles. The van der Waals surface area contributed by atoms with E-state index in [0.717, 1.165) is 4.88 Å². The highest BCUT2D eigenvalue weighted by molar-refractivity contribution is 7.14. The number of thiophene rings is 1. The topological polar surface area (TPSA) is 75.1 Å². The maximum absolute atomic E-state index is 11.9. The van der Waals surface area contributed by atoms with Gasteiger partial charge in [0.25, 0.3) is 5.91 Å². The van der Waals surface area contributed by atoms with Crippen molar-refractivity contribution in [1.82, 2.24) is 15.5 Å². The van der Waals surface area contributed by atoms with E-state index in [0.29, 0.717) is 23.5 Å². The first-order valence-corrected chi connectivity index (χ1v) is 6.85. The molecule has 2 N–H and O–H groups in total. The largest absolute Gasteiger partial charge is 0.395 e. The Labute approximate surface area is 120 Å². The Bertz CT molecular complexity index is 629. The van der Waals surface area contributed by atoms with Crippen molar-refractivity contribution in [3.63, 3.8) is 0 Å². The number of aliphatic hydroxyl groups is 1. The maximum Gasteiger partial charge on any atom is 0.261 e. The van der Waals surface area contributed by atoms with Crippen molar-refractivity contribution in [2.45, 2.75) is 13.0 Å². The molecule has 2 rings (SSSR count). The lowest BCUT2D eigenvalue weighted by atomic mass is 10.3. The third-order valence-corrected chi connectivity index (χ3v) is 3.34. The number of carbonyl (C=O) groups excluding carboxylic acids is 1. The fraction of sp³-hybridized carbons (Fsp3) is 0.214. The second-order valence-corrected chi connectivity index (χ2v) is 4.92. The third kappa shape index (κ3) is 4.16. The summed E-state index contributed by atoms with van der Waals surface area (Å²) in [4.78, 5) is 13.3. The van der Waals surface area contributed by atoms with E-state index in [2.05, 4.69) is 27.4 Å². The van der Waals surface area contributed by atoms with Gasteiger partial charge in [-0.15, -0.1) is 11.3 Å². The monoisotopic (exact) mass is 287 g/mol. The Balaban J connectivity index is 1.92. The summed E-state index contributed by atoms with van der Waals surface area (Å²) < 4.78 is 0. The van der Waals surface area contributed by atoms with Crippen LogP contribution in [0.15, 0.2) is 30.5 Å². The van der Waals surface area contributed by atoms with Gasteiger partial charge in [0, 0.05) is 12.6 Å². The van der Waals surface area contributed by atoms with Crippen LogP contribution in [-0.2, 0) is 6.54 Å². The van der Waals surface area contributed by atoms with Crippen molar-refractivity contribution in [3.8, 4) is 11.8 Å². The van der Waals surface area contributed by atoms with Gasteiger partial charge in [-0.1, -0.05) is 11.8 Å². The van der Waals surface area contributed by atoms with Crippen molar-refractivity contribution < 1.29 is 9.90 Å². The number of rotatable bonds is 4. The van der Waals surface area contributed by atoms with Crippen LogP contribution in [0.3, 0.4) is 0 Å². The van der Waals surface area contributed by atoms with Gasteiger partial charge in [-0.3, -0.25) is 4.79 Å². The van der Waals surface area contributed by atoms with Crippen LogP contribution < -0.4 is 5.32 Å². The highest BCUT2D eigenvalue weighted by atomic mass is 32.1. The number of hydrogen-bond acceptors (Lipinski definition) is 5. The third-order valence-electron chi connectivity index (χ3n) is 2.34. The minimum Gasteiger partial charge on any atom is -0.395 e. The van der Waals surface area contributed by atoms with Crippen LogP contribution >= 0.6 is 11.3 Å². The first-order valence-electron chi connectivity index (χ1n) is 6.04. The summed E-state index contributed by atoms with van der Waals surface area (Å²) in [5.74, 6) is 5.57. The van der Waals surface area contributed by atoms with E-state index in [9.17, 15) is 4.79 Å². The molecular formula is C14H13N3O2S. The zero-order chi connectivity index (χ0) is 14.2. The maximum atomic E-state index is 11.9. The summed E-state index contributed by atoms with van der Waals surface area (Å²) in [5, 5.41) is 19.1.